The van der Waals surface area contributed by atoms with E-state index in [0.717, 1.165) is 5.56 Å². The molecule has 0 fully saturated rings. The zero-order chi connectivity index (χ0) is 31.8. The van der Waals surface area contributed by atoms with Crippen molar-refractivity contribution in [3.8, 4) is 5.75 Å². The van der Waals surface area contributed by atoms with E-state index in [2.05, 4.69) is 9.47 Å². The van der Waals surface area contributed by atoms with Crippen LogP contribution in [0.2, 0.25) is 0 Å². The van der Waals surface area contributed by atoms with Gasteiger partial charge in [0.1, 0.15) is 11.8 Å². The number of rotatable bonds is 18. The van der Waals surface area contributed by atoms with Gasteiger partial charge < -0.3 is 18.9 Å². The lowest BCUT2D eigenvalue weighted by molar-refractivity contribution is -0.159. The van der Waals surface area contributed by atoms with Gasteiger partial charge in [-0.15, -0.1) is 11.6 Å². The third-order valence-corrected chi connectivity index (χ3v) is 8.80. The summed E-state index contributed by atoms with van der Waals surface area (Å²) in [5.74, 6) is -2.04. The second kappa shape index (κ2) is 18.3. The highest BCUT2D eigenvalue weighted by Gasteiger charge is 2.36. The first-order chi connectivity index (χ1) is 20.6. The van der Waals surface area contributed by atoms with Gasteiger partial charge in [0, 0.05) is 12.4 Å². The van der Waals surface area contributed by atoms with E-state index in [1.165, 1.54) is 37.8 Å². The number of benzene rings is 2. The van der Waals surface area contributed by atoms with Crippen LogP contribution < -0.4 is 4.74 Å². The summed E-state index contributed by atoms with van der Waals surface area (Å²) in [6, 6.07) is 12.4. The monoisotopic (exact) mass is 637 g/mol. The van der Waals surface area contributed by atoms with Gasteiger partial charge in [-0.2, -0.15) is 4.31 Å². The van der Waals surface area contributed by atoms with Gasteiger partial charge in [0.25, 0.3) is 0 Å². The predicted molar refractivity (Wildman–Crippen MR) is 162 cm³/mol. The van der Waals surface area contributed by atoms with E-state index in [4.69, 9.17) is 21.1 Å². The number of sulfonamides is 1. The molecule has 2 rings (SSSR count). The molecular weight excluding hydrogens is 598 g/mol. The molecule has 0 saturated heterocycles. The predicted octanol–water partition coefficient (Wildman–Crippen LogP) is 4.47. The summed E-state index contributed by atoms with van der Waals surface area (Å²) in [4.78, 5) is 36.7. The standard InChI is InChI=1S/C31H40ClNO9S/c1-23-11-17-26(18-12-23)43(37,38)33(20-8-5-7-19-32)28(31(36)41-4)22-24-13-15-25(16-14-24)42-21-9-6-10-27(29(34)39-2)30(35)40-3/h5,7,11-18,27-28H,6,8-10,19-22H2,1-4H3/b7-5+/t28-/m0/s1. The quantitative estimate of drug-likeness (QED) is 0.0581. The van der Waals surface area contributed by atoms with Crippen molar-refractivity contribution in [1.82, 2.24) is 4.31 Å². The Balaban J connectivity index is 2.13. The number of ether oxygens (including phenoxy) is 4. The van der Waals surface area contributed by atoms with Gasteiger partial charge >= 0.3 is 17.9 Å². The van der Waals surface area contributed by atoms with Crippen LogP contribution in [0.4, 0.5) is 0 Å². The third-order valence-electron chi connectivity index (χ3n) is 6.70. The normalized spacial score (nSPS) is 12.3. The molecule has 12 heteroatoms. The van der Waals surface area contributed by atoms with E-state index in [0.29, 0.717) is 43.1 Å². The summed E-state index contributed by atoms with van der Waals surface area (Å²) >= 11 is 5.73. The molecular formula is C31H40ClNO9S. The summed E-state index contributed by atoms with van der Waals surface area (Å²) in [7, 11) is -0.368. The molecule has 2 aromatic carbocycles. The average Bonchev–Trinajstić information content (AvgIpc) is 3.01. The summed E-state index contributed by atoms with van der Waals surface area (Å²) in [6.07, 6.45) is 5.34. The summed E-state index contributed by atoms with van der Waals surface area (Å²) in [5, 5.41) is 0. The summed E-state index contributed by atoms with van der Waals surface area (Å²) in [6.45, 7) is 2.26. The molecule has 0 N–H and O–H groups in total. The van der Waals surface area contributed by atoms with Crippen LogP contribution in [0.15, 0.2) is 65.6 Å². The van der Waals surface area contributed by atoms with Gasteiger partial charge in [0.15, 0.2) is 5.92 Å². The average molecular weight is 638 g/mol. The fourth-order valence-corrected chi connectivity index (χ4v) is 6.03. The summed E-state index contributed by atoms with van der Waals surface area (Å²) < 4.78 is 48.8. The van der Waals surface area contributed by atoms with Crippen molar-refractivity contribution >= 4 is 39.5 Å². The molecule has 0 aliphatic carbocycles. The van der Waals surface area contributed by atoms with Crippen LogP contribution in [0.5, 0.6) is 5.75 Å². The van der Waals surface area contributed by atoms with E-state index in [-0.39, 0.29) is 24.3 Å². The number of nitrogens with zero attached hydrogens (tertiary/aromatic N) is 1. The molecule has 0 aliphatic rings. The number of hydrogen-bond donors (Lipinski definition) is 0. The molecule has 1 atom stereocenters. The van der Waals surface area contributed by atoms with E-state index in [1.54, 1.807) is 48.6 Å². The number of halogens is 1. The smallest absolute Gasteiger partial charge is 0.324 e. The molecule has 0 bridgehead atoms. The lowest BCUT2D eigenvalue weighted by atomic mass is 10.0. The molecule has 43 heavy (non-hydrogen) atoms. The first kappa shape index (κ1) is 35.8. The highest BCUT2D eigenvalue weighted by Crippen LogP contribution is 2.24. The van der Waals surface area contributed by atoms with Crippen molar-refractivity contribution in [2.75, 3.05) is 40.4 Å². The summed E-state index contributed by atoms with van der Waals surface area (Å²) in [5.41, 5.74) is 1.62. The first-order valence-corrected chi connectivity index (χ1v) is 15.8. The highest BCUT2D eigenvalue weighted by atomic mass is 35.5. The third kappa shape index (κ3) is 11.0. The second-order valence-corrected chi connectivity index (χ2v) is 11.9. The molecule has 236 valence electrons. The van der Waals surface area contributed by atoms with Crippen LogP contribution in [-0.4, -0.2) is 77.0 Å². The minimum absolute atomic E-state index is 0.0529. The minimum atomic E-state index is -4.04. The Kier molecular flexibility index (Phi) is 15.2. The molecule has 0 aromatic heterocycles. The Bertz CT molecular complexity index is 1300. The molecule has 10 nitrogen and oxygen atoms in total. The van der Waals surface area contributed by atoms with Crippen LogP contribution in [0.25, 0.3) is 0 Å². The van der Waals surface area contributed by atoms with Gasteiger partial charge in [0.2, 0.25) is 10.0 Å². The fourth-order valence-electron chi connectivity index (χ4n) is 4.31. The zero-order valence-corrected chi connectivity index (χ0v) is 26.6. The Morgan fingerprint density at radius 3 is 2.02 bits per heavy atom. The largest absolute Gasteiger partial charge is 0.494 e. The van der Waals surface area contributed by atoms with Crippen molar-refractivity contribution in [2.24, 2.45) is 5.92 Å². The first-order valence-electron chi connectivity index (χ1n) is 13.8. The lowest BCUT2D eigenvalue weighted by Crippen LogP contribution is -2.47. The molecule has 0 heterocycles. The molecule has 0 unspecified atom stereocenters. The van der Waals surface area contributed by atoms with Crippen molar-refractivity contribution in [3.05, 3.63) is 71.8 Å². The van der Waals surface area contributed by atoms with Crippen molar-refractivity contribution in [3.63, 3.8) is 0 Å². The molecule has 0 aliphatic heterocycles. The van der Waals surface area contributed by atoms with Gasteiger partial charge in [-0.05, 0) is 68.9 Å². The van der Waals surface area contributed by atoms with Crippen LogP contribution in [0, 0.1) is 12.8 Å². The number of unbranched alkanes of at least 4 members (excludes halogenated alkanes) is 1. The van der Waals surface area contributed by atoms with Crippen LogP contribution >= 0.6 is 11.6 Å². The molecule has 2 aromatic rings. The number of carbonyl (C=O) groups is 3. The Labute approximate surface area is 258 Å². The topological polar surface area (TPSA) is 126 Å². The maximum atomic E-state index is 13.7. The van der Waals surface area contributed by atoms with E-state index in [1.807, 2.05) is 6.92 Å². The van der Waals surface area contributed by atoms with Crippen molar-refractivity contribution < 1.29 is 41.7 Å². The lowest BCUT2D eigenvalue weighted by Gasteiger charge is -2.29. The SMILES string of the molecule is COC(=O)C(CCCCOc1ccc(C[C@@H](C(=O)OC)N(CC/C=C/CCl)S(=O)(=O)c2ccc(C)cc2)cc1)C(=O)OC. The van der Waals surface area contributed by atoms with Crippen LogP contribution in [0.3, 0.4) is 0 Å². The van der Waals surface area contributed by atoms with Crippen LogP contribution in [-0.2, 0) is 45.0 Å². The fraction of sp³-hybridized carbons (Fsp3) is 0.452. The number of aryl methyl sites for hydroxylation is 1. The Hall–Kier alpha value is -3.41. The van der Waals surface area contributed by atoms with E-state index in [9.17, 15) is 22.8 Å². The Morgan fingerprint density at radius 1 is 0.860 bits per heavy atom. The second-order valence-electron chi connectivity index (χ2n) is 9.67. The van der Waals surface area contributed by atoms with Gasteiger partial charge in [0.05, 0.1) is 32.8 Å². The van der Waals surface area contributed by atoms with Crippen LogP contribution in [0.1, 0.15) is 36.8 Å². The van der Waals surface area contributed by atoms with Crippen molar-refractivity contribution in [2.45, 2.75) is 50.0 Å². The molecule has 0 spiro atoms. The van der Waals surface area contributed by atoms with E-state index >= 15 is 0 Å². The molecule has 0 amide bonds. The molecule has 0 radical (unpaired) electrons. The Morgan fingerprint density at radius 2 is 1.47 bits per heavy atom. The van der Waals surface area contributed by atoms with Gasteiger partial charge in [-0.3, -0.25) is 14.4 Å². The number of hydrogen-bond acceptors (Lipinski definition) is 9. The van der Waals surface area contributed by atoms with Crippen molar-refractivity contribution in [1.29, 1.82) is 0 Å². The van der Waals surface area contributed by atoms with Gasteiger partial charge in [-0.25, -0.2) is 8.42 Å². The molecule has 0 saturated carbocycles. The zero-order valence-electron chi connectivity index (χ0n) is 25.0. The van der Waals surface area contributed by atoms with Gasteiger partial charge in [-0.1, -0.05) is 42.0 Å². The number of allylic oxidation sites excluding steroid dienone is 1. The number of alkyl halides is 1. The highest BCUT2D eigenvalue weighted by molar-refractivity contribution is 7.89. The maximum Gasteiger partial charge on any atom is 0.324 e. The minimum Gasteiger partial charge on any atom is -0.494 e. The number of esters is 3. The number of methoxy groups -OCH3 is 3. The maximum absolute atomic E-state index is 13.7. The number of carbonyl (C=O) groups excluding carboxylic acids is 3. The van der Waals surface area contributed by atoms with E-state index < -0.39 is 39.9 Å².